The Hall–Kier alpha value is -4.72. The quantitative estimate of drug-likeness (QED) is 0.384. The number of fused-ring (bicyclic) bond motifs is 1. The number of furan rings is 1. The Labute approximate surface area is 200 Å². The molecule has 0 aliphatic carbocycles. The van der Waals surface area contributed by atoms with Gasteiger partial charge in [0.25, 0.3) is 5.91 Å². The van der Waals surface area contributed by atoms with Crippen molar-refractivity contribution in [1.82, 2.24) is 0 Å². The SMILES string of the molecule is COc1ccccc1N1C(=O)C(O)=C(C(=O)c2cc3cccc(OC)c3o2)C1c1ccc(O)cc1. The van der Waals surface area contributed by atoms with Crippen LogP contribution in [0.25, 0.3) is 11.0 Å². The molecule has 0 radical (unpaired) electrons. The Balaban J connectivity index is 1.68. The largest absolute Gasteiger partial charge is 0.508 e. The van der Waals surface area contributed by atoms with Crippen LogP contribution in [0.5, 0.6) is 17.2 Å². The van der Waals surface area contributed by atoms with Crippen molar-refractivity contribution in [3.8, 4) is 17.2 Å². The second kappa shape index (κ2) is 8.57. The first kappa shape index (κ1) is 22.1. The van der Waals surface area contributed by atoms with Crippen LogP contribution in [0.4, 0.5) is 5.69 Å². The molecule has 8 nitrogen and oxygen atoms in total. The highest BCUT2D eigenvalue weighted by molar-refractivity contribution is 6.21. The van der Waals surface area contributed by atoms with Gasteiger partial charge in [0.05, 0.1) is 31.5 Å². The molecule has 0 saturated heterocycles. The van der Waals surface area contributed by atoms with E-state index in [1.165, 1.54) is 31.3 Å². The van der Waals surface area contributed by atoms with Gasteiger partial charge in [-0.2, -0.15) is 0 Å². The van der Waals surface area contributed by atoms with Crippen LogP contribution in [0.3, 0.4) is 0 Å². The van der Waals surface area contributed by atoms with Crippen molar-refractivity contribution < 1.29 is 33.7 Å². The van der Waals surface area contributed by atoms with Gasteiger partial charge in [-0.05, 0) is 42.0 Å². The third kappa shape index (κ3) is 3.56. The predicted octanol–water partition coefficient (Wildman–Crippen LogP) is 4.94. The molecule has 1 aliphatic rings. The zero-order valence-corrected chi connectivity index (χ0v) is 18.9. The number of anilines is 1. The maximum Gasteiger partial charge on any atom is 0.294 e. The molecule has 3 aromatic carbocycles. The van der Waals surface area contributed by atoms with Gasteiger partial charge in [0.2, 0.25) is 5.78 Å². The summed E-state index contributed by atoms with van der Waals surface area (Å²) in [7, 11) is 2.96. The minimum Gasteiger partial charge on any atom is -0.508 e. The van der Waals surface area contributed by atoms with E-state index in [2.05, 4.69) is 0 Å². The van der Waals surface area contributed by atoms with E-state index in [1.54, 1.807) is 60.7 Å². The van der Waals surface area contributed by atoms with E-state index in [0.717, 1.165) is 0 Å². The summed E-state index contributed by atoms with van der Waals surface area (Å²) in [6.07, 6.45) is 0. The standard InChI is InChI=1S/C27H21NO7/c1-33-19-8-4-3-7-18(19)28-23(15-10-12-17(29)13-11-15)22(25(31)27(28)32)24(30)21-14-16-6-5-9-20(34-2)26(16)35-21/h3-14,23,29,31H,1-2H3. The van der Waals surface area contributed by atoms with Crippen LogP contribution in [0.1, 0.15) is 22.2 Å². The Morgan fingerprint density at radius 3 is 2.31 bits per heavy atom. The zero-order chi connectivity index (χ0) is 24.7. The van der Waals surface area contributed by atoms with E-state index in [9.17, 15) is 19.8 Å². The normalized spacial score (nSPS) is 15.7. The number of carbonyl (C=O) groups excluding carboxylic acids is 2. The molecule has 8 heteroatoms. The van der Waals surface area contributed by atoms with Crippen molar-refractivity contribution in [3.05, 3.63) is 95.5 Å². The molecule has 1 aromatic heterocycles. The number of aromatic hydroxyl groups is 1. The Kier molecular flexibility index (Phi) is 5.41. The van der Waals surface area contributed by atoms with E-state index >= 15 is 0 Å². The highest BCUT2D eigenvalue weighted by atomic mass is 16.5. The molecule has 0 saturated carbocycles. The maximum atomic E-state index is 13.7. The van der Waals surface area contributed by atoms with Crippen LogP contribution in [0.15, 0.2) is 88.5 Å². The summed E-state index contributed by atoms with van der Waals surface area (Å²) in [6, 6.07) is 18.7. The molecule has 35 heavy (non-hydrogen) atoms. The summed E-state index contributed by atoms with van der Waals surface area (Å²) >= 11 is 0. The smallest absolute Gasteiger partial charge is 0.294 e. The number of benzene rings is 3. The van der Waals surface area contributed by atoms with Gasteiger partial charge in [-0.15, -0.1) is 0 Å². The van der Waals surface area contributed by atoms with Crippen molar-refractivity contribution in [1.29, 1.82) is 0 Å². The number of Topliss-reactive ketones (excluding diaryl/α,β-unsaturated/α-hetero) is 1. The molecule has 1 atom stereocenters. The third-order valence-corrected chi connectivity index (χ3v) is 5.96. The Bertz CT molecular complexity index is 1480. The molecule has 2 N–H and O–H groups in total. The van der Waals surface area contributed by atoms with Gasteiger partial charge in [-0.25, -0.2) is 0 Å². The van der Waals surface area contributed by atoms with E-state index in [4.69, 9.17) is 13.9 Å². The van der Waals surface area contributed by atoms with Crippen molar-refractivity contribution in [2.75, 3.05) is 19.1 Å². The average Bonchev–Trinajstić information content (AvgIpc) is 3.43. The molecule has 1 amide bonds. The summed E-state index contributed by atoms with van der Waals surface area (Å²) in [5.74, 6) is -1.29. The molecule has 5 rings (SSSR count). The number of nitrogens with zero attached hydrogens (tertiary/aromatic N) is 1. The minimum atomic E-state index is -0.998. The molecular weight excluding hydrogens is 450 g/mol. The number of aliphatic hydroxyl groups excluding tert-OH is 1. The Morgan fingerprint density at radius 2 is 1.60 bits per heavy atom. The number of rotatable bonds is 6. The summed E-state index contributed by atoms with van der Waals surface area (Å²) in [5.41, 5.74) is 1.11. The van der Waals surface area contributed by atoms with Crippen LogP contribution in [0.2, 0.25) is 0 Å². The molecule has 0 spiro atoms. The number of ketones is 1. The number of hydrogen-bond acceptors (Lipinski definition) is 7. The van der Waals surface area contributed by atoms with E-state index in [1.807, 2.05) is 0 Å². The fourth-order valence-electron chi connectivity index (χ4n) is 4.33. The topological polar surface area (TPSA) is 109 Å². The van der Waals surface area contributed by atoms with Crippen molar-refractivity contribution >= 4 is 28.3 Å². The first-order valence-corrected chi connectivity index (χ1v) is 10.7. The van der Waals surface area contributed by atoms with Gasteiger partial charge in [0, 0.05) is 5.39 Å². The molecule has 1 aliphatic heterocycles. The average molecular weight is 471 g/mol. The molecular formula is C27H21NO7. The first-order valence-electron chi connectivity index (χ1n) is 10.7. The number of para-hydroxylation sites is 3. The molecule has 4 aromatic rings. The van der Waals surface area contributed by atoms with E-state index < -0.39 is 23.5 Å². The summed E-state index contributed by atoms with van der Waals surface area (Å²) < 4.78 is 16.6. The van der Waals surface area contributed by atoms with Gasteiger partial charge in [0.15, 0.2) is 22.9 Å². The van der Waals surface area contributed by atoms with Crippen LogP contribution < -0.4 is 14.4 Å². The highest BCUT2D eigenvalue weighted by Gasteiger charge is 2.46. The summed E-state index contributed by atoms with van der Waals surface area (Å²) in [6.45, 7) is 0. The number of aliphatic hydroxyl groups is 1. The van der Waals surface area contributed by atoms with Gasteiger partial charge >= 0.3 is 0 Å². The summed E-state index contributed by atoms with van der Waals surface area (Å²) in [5, 5.41) is 21.4. The number of phenolic OH excluding ortho intramolecular Hbond substituents is 1. The number of phenols is 1. The summed E-state index contributed by atoms with van der Waals surface area (Å²) in [4.78, 5) is 28.4. The van der Waals surface area contributed by atoms with Crippen molar-refractivity contribution in [2.24, 2.45) is 0 Å². The monoisotopic (exact) mass is 471 g/mol. The number of ether oxygens (including phenoxy) is 2. The van der Waals surface area contributed by atoms with Gasteiger partial charge in [0.1, 0.15) is 11.5 Å². The van der Waals surface area contributed by atoms with Crippen LogP contribution in [-0.2, 0) is 4.79 Å². The lowest BCUT2D eigenvalue weighted by Gasteiger charge is -2.28. The van der Waals surface area contributed by atoms with Gasteiger partial charge < -0.3 is 24.1 Å². The lowest BCUT2D eigenvalue weighted by atomic mass is 9.94. The molecule has 0 fully saturated rings. The fourth-order valence-corrected chi connectivity index (χ4v) is 4.33. The number of methoxy groups -OCH3 is 2. The molecule has 1 unspecified atom stereocenters. The molecule has 2 heterocycles. The number of carbonyl (C=O) groups is 2. The predicted molar refractivity (Wildman–Crippen MR) is 128 cm³/mol. The Morgan fingerprint density at radius 1 is 0.914 bits per heavy atom. The second-order valence-corrected chi connectivity index (χ2v) is 7.92. The van der Waals surface area contributed by atoms with E-state index in [0.29, 0.717) is 33.7 Å². The number of hydrogen-bond donors (Lipinski definition) is 2. The molecule has 0 bridgehead atoms. The lowest BCUT2D eigenvalue weighted by molar-refractivity contribution is -0.117. The third-order valence-electron chi connectivity index (χ3n) is 5.96. The minimum absolute atomic E-state index is 0.0207. The van der Waals surface area contributed by atoms with Crippen LogP contribution in [0, 0.1) is 0 Å². The fraction of sp³-hybridized carbons (Fsp3) is 0.111. The van der Waals surface area contributed by atoms with Crippen molar-refractivity contribution in [2.45, 2.75) is 6.04 Å². The van der Waals surface area contributed by atoms with Gasteiger partial charge in [-0.3, -0.25) is 14.5 Å². The van der Waals surface area contributed by atoms with Crippen LogP contribution >= 0.6 is 0 Å². The first-order chi connectivity index (χ1) is 16.9. The zero-order valence-electron chi connectivity index (χ0n) is 18.9. The maximum absolute atomic E-state index is 13.7. The molecule has 176 valence electrons. The van der Waals surface area contributed by atoms with Crippen LogP contribution in [-0.4, -0.2) is 36.1 Å². The second-order valence-electron chi connectivity index (χ2n) is 7.92. The number of amides is 1. The highest BCUT2D eigenvalue weighted by Crippen LogP contribution is 2.45. The van der Waals surface area contributed by atoms with Crippen molar-refractivity contribution in [3.63, 3.8) is 0 Å². The van der Waals surface area contributed by atoms with E-state index in [-0.39, 0.29) is 17.1 Å². The lowest BCUT2D eigenvalue weighted by Crippen LogP contribution is -2.31. The van der Waals surface area contributed by atoms with Gasteiger partial charge in [-0.1, -0.05) is 36.4 Å².